The maximum absolute atomic E-state index is 12.5. The molecule has 1 atom stereocenters. The topological polar surface area (TPSA) is 111 Å². The zero-order valence-electron chi connectivity index (χ0n) is 20.1. The molecule has 1 heterocycles. The Bertz CT molecular complexity index is 1070. The number of para-hydroxylation sites is 2. The van der Waals surface area contributed by atoms with Gasteiger partial charge in [-0.25, -0.2) is 4.79 Å². The molecule has 0 aliphatic carbocycles. The Morgan fingerprint density at radius 1 is 1.06 bits per heavy atom. The summed E-state index contributed by atoms with van der Waals surface area (Å²) in [7, 11) is 0. The van der Waals surface area contributed by atoms with Crippen molar-refractivity contribution in [2.45, 2.75) is 27.2 Å². The van der Waals surface area contributed by atoms with E-state index in [2.05, 4.69) is 5.32 Å². The first-order chi connectivity index (χ1) is 16.8. The first-order valence-corrected chi connectivity index (χ1v) is 11.5. The van der Waals surface area contributed by atoms with Gasteiger partial charge in [-0.15, -0.1) is 0 Å². The minimum absolute atomic E-state index is 0.00468. The van der Waals surface area contributed by atoms with Crippen LogP contribution in [0.2, 0.25) is 0 Å². The fraction of sp³-hybridized carbons (Fsp3) is 0.385. The molecule has 9 heteroatoms. The monoisotopic (exact) mass is 482 g/mol. The van der Waals surface area contributed by atoms with Gasteiger partial charge in [0.15, 0.2) is 6.61 Å². The second-order valence-corrected chi connectivity index (χ2v) is 8.53. The van der Waals surface area contributed by atoms with Gasteiger partial charge in [-0.3, -0.25) is 14.4 Å². The van der Waals surface area contributed by atoms with Crippen LogP contribution in [0.15, 0.2) is 48.5 Å². The SMILES string of the molecule is CCOc1ccccc1N1C[C@@H](C(=O)OCC(=O)Nc2ccc(C(=O)OCC(C)C)cc2)CC1=O. The minimum atomic E-state index is -0.680. The average molecular weight is 483 g/mol. The molecule has 1 aliphatic rings. The minimum Gasteiger partial charge on any atom is -0.492 e. The van der Waals surface area contributed by atoms with E-state index in [1.807, 2.05) is 26.8 Å². The largest absolute Gasteiger partial charge is 0.492 e. The zero-order chi connectivity index (χ0) is 25.4. The molecule has 186 valence electrons. The molecule has 35 heavy (non-hydrogen) atoms. The molecule has 0 saturated carbocycles. The van der Waals surface area contributed by atoms with Crippen LogP contribution in [0.3, 0.4) is 0 Å². The zero-order valence-corrected chi connectivity index (χ0v) is 20.1. The number of rotatable bonds is 10. The summed E-state index contributed by atoms with van der Waals surface area (Å²) in [4.78, 5) is 50.7. The first kappa shape index (κ1) is 25.7. The third kappa shape index (κ3) is 7.05. The number of hydrogen-bond acceptors (Lipinski definition) is 7. The molecular formula is C26H30N2O7. The highest BCUT2D eigenvalue weighted by Crippen LogP contribution is 2.33. The molecule has 1 N–H and O–H groups in total. The highest BCUT2D eigenvalue weighted by Gasteiger charge is 2.37. The molecule has 2 aromatic rings. The van der Waals surface area contributed by atoms with Gasteiger partial charge >= 0.3 is 11.9 Å². The van der Waals surface area contributed by atoms with Crippen LogP contribution in [0.5, 0.6) is 5.75 Å². The summed E-state index contributed by atoms with van der Waals surface area (Å²) in [6.45, 7) is 6.18. The number of ether oxygens (including phenoxy) is 3. The quantitative estimate of drug-likeness (QED) is 0.517. The van der Waals surface area contributed by atoms with Crippen LogP contribution in [0.25, 0.3) is 0 Å². The van der Waals surface area contributed by atoms with Crippen molar-refractivity contribution in [2.24, 2.45) is 11.8 Å². The molecule has 0 bridgehead atoms. The number of hydrogen-bond donors (Lipinski definition) is 1. The lowest BCUT2D eigenvalue weighted by molar-refractivity contribution is -0.151. The van der Waals surface area contributed by atoms with Gasteiger partial charge < -0.3 is 24.4 Å². The molecule has 0 unspecified atom stereocenters. The number of carbonyl (C=O) groups excluding carboxylic acids is 4. The number of anilines is 2. The van der Waals surface area contributed by atoms with Crippen LogP contribution >= 0.6 is 0 Å². The summed E-state index contributed by atoms with van der Waals surface area (Å²) < 4.78 is 15.9. The summed E-state index contributed by atoms with van der Waals surface area (Å²) in [5, 5.41) is 2.61. The molecule has 0 aromatic heterocycles. The molecule has 2 aromatic carbocycles. The third-order valence-electron chi connectivity index (χ3n) is 5.21. The molecule has 0 spiro atoms. The van der Waals surface area contributed by atoms with Gasteiger partial charge in [-0.1, -0.05) is 26.0 Å². The van der Waals surface area contributed by atoms with Crippen molar-refractivity contribution in [3.05, 3.63) is 54.1 Å². The maximum atomic E-state index is 12.5. The van der Waals surface area contributed by atoms with Gasteiger partial charge in [0, 0.05) is 18.7 Å². The van der Waals surface area contributed by atoms with Crippen molar-refractivity contribution in [1.82, 2.24) is 0 Å². The van der Waals surface area contributed by atoms with Crippen molar-refractivity contribution < 1.29 is 33.4 Å². The van der Waals surface area contributed by atoms with Gasteiger partial charge in [0.1, 0.15) is 5.75 Å². The number of esters is 2. The summed E-state index contributed by atoms with van der Waals surface area (Å²) in [6.07, 6.45) is -0.00468. The van der Waals surface area contributed by atoms with Crippen LogP contribution in [0, 0.1) is 11.8 Å². The standard InChI is InChI=1S/C26H30N2O7/c1-4-33-22-8-6-5-7-21(22)28-14-19(13-24(28)30)26(32)35-16-23(29)27-20-11-9-18(10-12-20)25(31)34-15-17(2)3/h5-12,17,19H,4,13-16H2,1-3H3,(H,27,29)/t19-/m0/s1. The second-order valence-electron chi connectivity index (χ2n) is 8.53. The van der Waals surface area contributed by atoms with Gasteiger partial charge in [0.05, 0.1) is 30.4 Å². The van der Waals surface area contributed by atoms with E-state index in [0.29, 0.717) is 35.9 Å². The Balaban J connectivity index is 1.49. The summed E-state index contributed by atoms with van der Waals surface area (Å²) in [5.41, 5.74) is 1.42. The second kappa shape index (κ2) is 12.0. The van der Waals surface area contributed by atoms with Crippen LogP contribution in [-0.2, 0) is 23.9 Å². The van der Waals surface area contributed by atoms with E-state index in [0.717, 1.165) is 0 Å². The summed E-state index contributed by atoms with van der Waals surface area (Å²) >= 11 is 0. The molecule has 1 fully saturated rings. The van der Waals surface area contributed by atoms with E-state index in [4.69, 9.17) is 14.2 Å². The lowest BCUT2D eigenvalue weighted by atomic mass is 10.1. The number of nitrogens with one attached hydrogen (secondary N) is 1. The predicted molar refractivity (Wildman–Crippen MR) is 129 cm³/mol. The fourth-order valence-corrected chi connectivity index (χ4v) is 3.52. The lowest BCUT2D eigenvalue weighted by Crippen LogP contribution is -2.28. The third-order valence-corrected chi connectivity index (χ3v) is 5.21. The van der Waals surface area contributed by atoms with Crippen molar-refractivity contribution in [3.8, 4) is 5.75 Å². The van der Waals surface area contributed by atoms with Crippen LogP contribution in [-0.4, -0.2) is 50.1 Å². The van der Waals surface area contributed by atoms with Gasteiger partial charge in [-0.05, 0) is 49.2 Å². The van der Waals surface area contributed by atoms with Crippen molar-refractivity contribution in [2.75, 3.05) is 36.6 Å². The lowest BCUT2D eigenvalue weighted by Gasteiger charge is -2.19. The Morgan fingerprint density at radius 3 is 2.46 bits per heavy atom. The Labute approximate surface area is 204 Å². The fourth-order valence-electron chi connectivity index (χ4n) is 3.52. The van der Waals surface area contributed by atoms with Gasteiger partial charge in [0.2, 0.25) is 5.91 Å². The number of carbonyl (C=O) groups is 4. The van der Waals surface area contributed by atoms with Crippen LogP contribution in [0.1, 0.15) is 37.6 Å². The van der Waals surface area contributed by atoms with Crippen LogP contribution < -0.4 is 15.0 Å². The Morgan fingerprint density at radius 2 is 1.77 bits per heavy atom. The predicted octanol–water partition coefficient (Wildman–Crippen LogP) is 3.43. The van der Waals surface area contributed by atoms with Crippen molar-refractivity contribution in [1.29, 1.82) is 0 Å². The Hall–Kier alpha value is -3.88. The normalized spacial score (nSPS) is 15.1. The number of amides is 2. The van der Waals surface area contributed by atoms with Crippen molar-refractivity contribution in [3.63, 3.8) is 0 Å². The molecule has 3 rings (SSSR count). The van der Waals surface area contributed by atoms with E-state index in [-0.39, 0.29) is 24.8 Å². The average Bonchev–Trinajstić information content (AvgIpc) is 3.23. The van der Waals surface area contributed by atoms with Crippen molar-refractivity contribution >= 4 is 35.1 Å². The smallest absolute Gasteiger partial charge is 0.338 e. The maximum Gasteiger partial charge on any atom is 0.338 e. The van der Waals surface area contributed by atoms with Crippen LogP contribution in [0.4, 0.5) is 11.4 Å². The Kier molecular flexibility index (Phi) is 8.83. The summed E-state index contributed by atoms with van der Waals surface area (Å²) in [5.74, 6) is -1.68. The van der Waals surface area contributed by atoms with E-state index < -0.39 is 30.4 Å². The molecule has 1 saturated heterocycles. The summed E-state index contributed by atoms with van der Waals surface area (Å²) in [6, 6.07) is 13.4. The molecule has 1 aliphatic heterocycles. The van der Waals surface area contributed by atoms with Gasteiger partial charge in [0.25, 0.3) is 5.91 Å². The number of nitrogens with zero attached hydrogens (tertiary/aromatic N) is 1. The molecule has 0 radical (unpaired) electrons. The highest BCUT2D eigenvalue weighted by molar-refractivity contribution is 6.01. The van der Waals surface area contributed by atoms with E-state index in [1.165, 1.54) is 4.90 Å². The van der Waals surface area contributed by atoms with E-state index in [1.54, 1.807) is 42.5 Å². The van der Waals surface area contributed by atoms with E-state index in [9.17, 15) is 19.2 Å². The number of benzene rings is 2. The first-order valence-electron chi connectivity index (χ1n) is 11.5. The molecule has 9 nitrogen and oxygen atoms in total. The molecular weight excluding hydrogens is 452 g/mol. The highest BCUT2D eigenvalue weighted by atomic mass is 16.5. The van der Waals surface area contributed by atoms with E-state index >= 15 is 0 Å². The van der Waals surface area contributed by atoms with Gasteiger partial charge in [-0.2, -0.15) is 0 Å². The molecule has 2 amide bonds.